The molecule has 18 heavy (non-hydrogen) atoms. The molecule has 3 rings (SSSR count). The molecule has 0 aromatic heterocycles. The van der Waals surface area contributed by atoms with Gasteiger partial charge in [0.25, 0.3) is 0 Å². The van der Waals surface area contributed by atoms with Gasteiger partial charge in [-0.1, -0.05) is 17.7 Å². The number of amides is 1. The van der Waals surface area contributed by atoms with Gasteiger partial charge in [-0.3, -0.25) is 4.79 Å². The summed E-state index contributed by atoms with van der Waals surface area (Å²) in [5.74, 6) is 1.05. The fourth-order valence-electron chi connectivity index (χ4n) is 3.04. The van der Waals surface area contributed by atoms with E-state index >= 15 is 0 Å². The molecule has 2 aliphatic heterocycles. The Hall–Kier alpha value is -1.51. The topological polar surface area (TPSA) is 29.5 Å². The monoisotopic (exact) mass is 245 g/mol. The molecule has 0 bridgehead atoms. The van der Waals surface area contributed by atoms with Gasteiger partial charge in [-0.25, -0.2) is 0 Å². The van der Waals surface area contributed by atoms with Gasteiger partial charge in [0.1, 0.15) is 11.4 Å². The van der Waals surface area contributed by atoms with Gasteiger partial charge in [-0.2, -0.15) is 0 Å². The molecular formula is C15H19NO2. The fourth-order valence-corrected chi connectivity index (χ4v) is 3.04. The predicted octanol–water partition coefficient (Wildman–Crippen LogP) is 2.31. The minimum atomic E-state index is -0.0260. The summed E-state index contributed by atoms with van der Waals surface area (Å²) in [5.41, 5.74) is 2.60. The van der Waals surface area contributed by atoms with Crippen molar-refractivity contribution in [2.75, 3.05) is 13.1 Å². The number of nitrogens with zero attached hydrogens (tertiary/aromatic N) is 1. The highest BCUT2D eigenvalue weighted by Gasteiger charge is 2.39. The van der Waals surface area contributed by atoms with E-state index in [4.69, 9.17) is 4.74 Å². The number of aryl methyl sites for hydroxylation is 2. The second-order valence-corrected chi connectivity index (χ2v) is 5.54. The largest absolute Gasteiger partial charge is 0.487 e. The third kappa shape index (κ3) is 1.98. The fraction of sp³-hybridized carbons (Fsp3) is 0.533. The van der Waals surface area contributed by atoms with E-state index in [2.05, 4.69) is 25.1 Å². The Bertz CT molecular complexity index is 462. The molecule has 1 fully saturated rings. The number of carbonyl (C=O) groups is 1. The second kappa shape index (κ2) is 4.30. The molecule has 3 nitrogen and oxygen atoms in total. The van der Waals surface area contributed by atoms with E-state index in [1.807, 2.05) is 4.90 Å². The molecule has 0 radical (unpaired) electrons. The van der Waals surface area contributed by atoms with Gasteiger partial charge in [0.15, 0.2) is 0 Å². The Kier molecular flexibility index (Phi) is 2.77. The average Bonchev–Trinajstić information content (AvgIpc) is 2.40. The maximum absolute atomic E-state index is 10.8. The first-order valence-electron chi connectivity index (χ1n) is 6.69. The van der Waals surface area contributed by atoms with Crippen molar-refractivity contribution in [3.8, 4) is 5.75 Å². The van der Waals surface area contributed by atoms with Gasteiger partial charge >= 0.3 is 0 Å². The van der Waals surface area contributed by atoms with E-state index in [9.17, 15) is 4.79 Å². The lowest BCUT2D eigenvalue weighted by atomic mass is 9.83. The summed E-state index contributed by atoms with van der Waals surface area (Å²) in [6.45, 7) is 3.77. The Morgan fingerprint density at radius 3 is 2.78 bits per heavy atom. The SMILES string of the molecule is Cc1ccc2c(c1)CCC1(CCN(C=O)CC1)O2. The third-order valence-corrected chi connectivity index (χ3v) is 4.25. The van der Waals surface area contributed by atoms with Crippen LogP contribution in [0.3, 0.4) is 0 Å². The zero-order valence-corrected chi connectivity index (χ0v) is 10.8. The van der Waals surface area contributed by atoms with E-state index in [1.54, 1.807) is 0 Å². The smallest absolute Gasteiger partial charge is 0.209 e. The van der Waals surface area contributed by atoms with Crippen molar-refractivity contribution in [3.63, 3.8) is 0 Å². The number of fused-ring (bicyclic) bond motifs is 1. The van der Waals surface area contributed by atoms with Crippen LogP contribution in [0.1, 0.15) is 30.4 Å². The standard InChI is InChI=1S/C15H19NO2/c1-12-2-3-14-13(10-12)4-5-15(18-14)6-8-16(11-17)9-7-15/h2-3,10-11H,4-9H2,1H3. The lowest BCUT2D eigenvalue weighted by Crippen LogP contribution is -2.49. The molecule has 96 valence electrons. The molecule has 0 saturated carbocycles. The Morgan fingerprint density at radius 2 is 2.06 bits per heavy atom. The minimum absolute atomic E-state index is 0.0260. The second-order valence-electron chi connectivity index (χ2n) is 5.54. The van der Waals surface area contributed by atoms with Gasteiger partial charge in [0.05, 0.1) is 0 Å². The highest BCUT2D eigenvalue weighted by Crippen LogP contribution is 2.39. The van der Waals surface area contributed by atoms with Gasteiger partial charge in [0.2, 0.25) is 6.41 Å². The molecule has 0 atom stereocenters. The first-order valence-corrected chi connectivity index (χ1v) is 6.69. The van der Waals surface area contributed by atoms with Crippen LogP contribution in [0, 0.1) is 6.92 Å². The first-order chi connectivity index (χ1) is 8.71. The molecule has 1 spiro atoms. The predicted molar refractivity (Wildman–Crippen MR) is 69.7 cm³/mol. The van der Waals surface area contributed by atoms with Crippen LogP contribution in [-0.4, -0.2) is 30.0 Å². The van der Waals surface area contributed by atoms with Crippen LogP contribution < -0.4 is 4.74 Å². The third-order valence-electron chi connectivity index (χ3n) is 4.25. The molecule has 1 aromatic carbocycles. The molecule has 3 heteroatoms. The summed E-state index contributed by atoms with van der Waals surface area (Å²) in [6, 6.07) is 6.43. The molecule has 0 aliphatic carbocycles. The number of benzene rings is 1. The van der Waals surface area contributed by atoms with Crippen molar-refractivity contribution >= 4 is 6.41 Å². The summed E-state index contributed by atoms with van der Waals surface area (Å²) in [6.07, 6.45) is 5.04. The van der Waals surface area contributed by atoms with Crippen molar-refractivity contribution < 1.29 is 9.53 Å². The molecule has 0 unspecified atom stereocenters. The Balaban J connectivity index is 1.78. The molecule has 1 aromatic rings. The van der Waals surface area contributed by atoms with Crippen LogP contribution in [-0.2, 0) is 11.2 Å². The average molecular weight is 245 g/mol. The molecule has 2 aliphatic rings. The van der Waals surface area contributed by atoms with Crippen molar-refractivity contribution in [2.45, 2.75) is 38.2 Å². The van der Waals surface area contributed by atoms with Crippen molar-refractivity contribution in [1.29, 1.82) is 0 Å². The molecule has 1 amide bonds. The van der Waals surface area contributed by atoms with E-state index in [1.165, 1.54) is 11.1 Å². The lowest BCUT2D eigenvalue weighted by Gasteiger charge is -2.43. The van der Waals surface area contributed by atoms with Crippen LogP contribution in [0.2, 0.25) is 0 Å². The molecular weight excluding hydrogens is 226 g/mol. The van der Waals surface area contributed by atoms with Crippen LogP contribution in [0.4, 0.5) is 0 Å². The van der Waals surface area contributed by atoms with E-state index in [0.29, 0.717) is 0 Å². The minimum Gasteiger partial charge on any atom is -0.487 e. The number of hydrogen-bond donors (Lipinski definition) is 0. The van der Waals surface area contributed by atoms with E-state index in [-0.39, 0.29) is 5.60 Å². The highest BCUT2D eigenvalue weighted by atomic mass is 16.5. The number of carbonyl (C=O) groups excluding carboxylic acids is 1. The van der Waals surface area contributed by atoms with Gasteiger partial charge in [-0.05, 0) is 31.4 Å². The summed E-state index contributed by atoms with van der Waals surface area (Å²) in [4.78, 5) is 12.6. The van der Waals surface area contributed by atoms with E-state index in [0.717, 1.165) is 50.9 Å². The molecule has 1 saturated heterocycles. The maximum atomic E-state index is 10.8. The Labute approximate surface area is 108 Å². The van der Waals surface area contributed by atoms with E-state index < -0.39 is 0 Å². The highest BCUT2D eigenvalue weighted by molar-refractivity contribution is 5.47. The number of rotatable bonds is 1. The van der Waals surface area contributed by atoms with Crippen molar-refractivity contribution in [1.82, 2.24) is 4.90 Å². The summed E-state index contributed by atoms with van der Waals surface area (Å²) >= 11 is 0. The van der Waals surface area contributed by atoms with Crippen molar-refractivity contribution in [2.24, 2.45) is 0 Å². The van der Waals surface area contributed by atoms with Gasteiger partial charge in [0, 0.05) is 25.9 Å². The zero-order chi connectivity index (χ0) is 12.6. The molecule has 2 heterocycles. The van der Waals surface area contributed by atoms with Gasteiger partial charge in [-0.15, -0.1) is 0 Å². The summed E-state index contributed by atoms with van der Waals surface area (Å²) in [7, 11) is 0. The number of ether oxygens (including phenoxy) is 1. The van der Waals surface area contributed by atoms with Crippen LogP contribution in [0.25, 0.3) is 0 Å². The molecule has 0 N–H and O–H groups in total. The first kappa shape index (κ1) is 11.6. The Morgan fingerprint density at radius 1 is 1.28 bits per heavy atom. The van der Waals surface area contributed by atoms with Crippen LogP contribution in [0.5, 0.6) is 5.75 Å². The van der Waals surface area contributed by atoms with Crippen molar-refractivity contribution in [3.05, 3.63) is 29.3 Å². The van der Waals surface area contributed by atoms with Crippen LogP contribution >= 0.6 is 0 Å². The zero-order valence-electron chi connectivity index (χ0n) is 10.8. The lowest BCUT2D eigenvalue weighted by molar-refractivity contribution is -0.121. The number of piperidine rings is 1. The number of hydrogen-bond acceptors (Lipinski definition) is 2. The quantitative estimate of drug-likeness (QED) is 0.711. The summed E-state index contributed by atoms with van der Waals surface area (Å²) < 4.78 is 6.27. The van der Waals surface area contributed by atoms with Crippen LogP contribution in [0.15, 0.2) is 18.2 Å². The maximum Gasteiger partial charge on any atom is 0.209 e. The number of likely N-dealkylation sites (tertiary alicyclic amines) is 1. The normalized spacial score (nSPS) is 21.3. The van der Waals surface area contributed by atoms with Gasteiger partial charge < -0.3 is 9.64 Å². The summed E-state index contributed by atoms with van der Waals surface area (Å²) in [5, 5.41) is 0.